The number of carbonyl (C=O) groups is 1. The second kappa shape index (κ2) is 6.28. The van der Waals surface area contributed by atoms with Crippen molar-refractivity contribution in [1.29, 1.82) is 0 Å². The van der Waals surface area contributed by atoms with Crippen molar-refractivity contribution in [2.45, 2.75) is 45.8 Å². The van der Waals surface area contributed by atoms with Gasteiger partial charge in [-0.2, -0.15) is 0 Å². The van der Waals surface area contributed by atoms with Gasteiger partial charge in [-0.15, -0.1) is 0 Å². The molecule has 0 spiro atoms. The van der Waals surface area contributed by atoms with E-state index >= 15 is 0 Å². The fraction of sp³-hybridized carbons (Fsp3) is 0.500. The van der Waals surface area contributed by atoms with Crippen molar-refractivity contribution in [3.63, 3.8) is 0 Å². The van der Waals surface area contributed by atoms with Crippen LogP contribution in [0.2, 0.25) is 0 Å². The van der Waals surface area contributed by atoms with Gasteiger partial charge in [-0.05, 0) is 55.3 Å². The molecule has 1 aromatic rings. The second-order valence-electron chi connectivity index (χ2n) is 5.14. The van der Waals surface area contributed by atoms with Crippen LogP contribution >= 0.6 is 15.9 Å². The molecule has 0 aliphatic rings. The molecule has 1 amide bonds. The Hall–Kier alpha value is -1.23. The van der Waals surface area contributed by atoms with E-state index in [-0.39, 0.29) is 11.4 Å². The highest BCUT2D eigenvalue weighted by Gasteiger charge is 2.23. The highest BCUT2D eigenvalue weighted by Crippen LogP contribution is 2.31. The Kier molecular flexibility index (Phi) is 5.23. The van der Waals surface area contributed by atoms with Gasteiger partial charge in [0.1, 0.15) is 0 Å². The molecule has 3 N–H and O–H groups in total. The maximum atomic E-state index is 12.1. The molecular weight excluding hydrogens is 308 g/mol. The van der Waals surface area contributed by atoms with E-state index in [1.807, 2.05) is 32.9 Å². The zero-order valence-electron chi connectivity index (χ0n) is 11.8. The number of hydrogen-bond donors (Lipinski definition) is 2. The Morgan fingerprint density at radius 3 is 2.68 bits per heavy atom. The lowest BCUT2D eigenvalue weighted by molar-refractivity contribution is -0.128. The third kappa shape index (κ3) is 4.42. The number of ether oxygens (including phenoxy) is 1. The van der Waals surface area contributed by atoms with Crippen LogP contribution in [-0.4, -0.2) is 17.6 Å². The quantitative estimate of drug-likeness (QED) is 0.816. The van der Waals surface area contributed by atoms with Gasteiger partial charge < -0.3 is 15.8 Å². The number of nitrogens with one attached hydrogen (secondary N) is 1. The molecule has 0 saturated heterocycles. The summed E-state index contributed by atoms with van der Waals surface area (Å²) >= 11 is 3.36. The van der Waals surface area contributed by atoms with E-state index in [0.29, 0.717) is 11.4 Å². The average molecular weight is 329 g/mol. The number of hydrogen-bond acceptors (Lipinski definition) is 3. The minimum atomic E-state index is -0.605. The van der Waals surface area contributed by atoms with Crippen LogP contribution in [0.25, 0.3) is 0 Å². The van der Waals surface area contributed by atoms with Crippen LogP contribution in [0.1, 0.15) is 34.1 Å². The number of benzene rings is 1. The normalized spacial score (nSPS) is 12.9. The molecule has 0 heterocycles. The third-order valence-electron chi connectivity index (χ3n) is 3.01. The SMILES string of the molecule is CCC(C)(C)NC(=O)C(C)Oc1c(N)cccc1Br. The van der Waals surface area contributed by atoms with Crippen LogP contribution < -0.4 is 15.8 Å². The molecule has 0 fully saturated rings. The van der Waals surface area contributed by atoms with Gasteiger partial charge in [0.05, 0.1) is 10.2 Å². The summed E-state index contributed by atoms with van der Waals surface area (Å²) in [6.07, 6.45) is 0.245. The monoisotopic (exact) mass is 328 g/mol. The lowest BCUT2D eigenvalue weighted by atomic mass is 10.0. The van der Waals surface area contributed by atoms with Crippen molar-refractivity contribution in [1.82, 2.24) is 5.32 Å². The van der Waals surface area contributed by atoms with Crippen molar-refractivity contribution < 1.29 is 9.53 Å². The summed E-state index contributed by atoms with van der Waals surface area (Å²) in [4.78, 5) is 12.1. The molecule has 5 heteroatoms. The van der Waals surface area contributed by atoms with Gasteiger partial charge in [-0.25, -0.2) is 0 Å². The molecule has 0 radical (unpaired) electrons. The molecule has 1 atom stereocenters. The van der Waals surface area contributed by atoms with Crippen LogP contribution in [0.4, 0.5) is 5.69 Å². The third-order valence-corrected chi connectivity index (χ3v) is 3.63. The average Bonchev–Trinajstić information content (AvgIpc) is 2.33. The summed E-state index contributed by atoms with van der Waals surface area (Å²) in [5.74, 6) is 0.349. The zero-order chi connectivity index (χ0) is 14.6. The van der Waals surface area contributed by atoms with E-state index < -0.39 is 6.10 Å². The van der Waals surface area contributed by atoms with Crippen molar-refractivity contribution in [2.75, 3.05) is 5.73 Å². The Bertz CT molecular complexity index is 441. The topological polar surface area (TPSA) is 64.3 Å². The van der Waals surface area contributed by atoms with E-state index in [1.54, 1.807) is 13.0 Å². The standard InChI is InChI=1S/C14H21BrN2O2/c1-5-14(3,4)17-13(18)9(2)19-12-10(15)7-6-8-11(12)16/h6-9H,5,16H2,1-4H3,(H,17,18). The van der Waals surface area contributed by atoms with E-state index in [2.05, 4.69) is 21.2 Å². The Balaban J connectivity index is 2.75. The van der Waals surface area contributed by atoms with Crippen LogP contribution in [0, 0.1) is 0 Å². The number of anilines is 1. The molecule has 106 valence electrons. The van der Waals surface area contributed by atoms with Crippen LogP contribution in [0.15, 0.2) is 22.7 Å². The number of nitrogens with two attached hydrogens (primary N) is 1. The number of rotatable bonds is 5. The van der Waals surface area contributed by atoms with Crippen molar-refractivity contribution in [3.8, 4) is 5.75 Å². The molecule has 0 aliphatic heterocycles. The highest BCUT2D eigenvalue weighted by atomic mass is 79.9. The van der Waals surface area contributed by atoms with Gasteiger partial charge in [-0.3, -0.25) is 4.79 Å². The number of para-hydroxylation sites is 1. The van der Waals surface area contributed by atoms with Crippen LogP contribution in [0.5, 0.6) is 5.75 Å². The molecule has 19 heavy (non-hydrogen) atoms. The maximum absolute atomic E-state index is 12.1. The minimum absolute atomic E-state index is 0.151. The van der Waals surface area contributed by atoms with E-state index in [0.717, 1.165) is 10.9 Å². The van der Waals surface area contributed by atoms with Crippen LogP contribution in [0.3, 0.4) is 0 Å². The smallest absolute Gasteiger partial charge is 0.261 e. The van der Waals surface area contributed by atoms with Gasteiger partial charge in [0.15, 0.2) is 11.9 Å². The predicted molar refractivity (Wildman–Crippen MR) is 81.2 cm³/mol. The molecule has 0 aliphatic carbocycles. The van der Waals surface area contributed by atoms with E-state index in [1.165, 1.54) is 0 Å². The lowest BCUT2D eigenvalue weighted by Gasteiger charge is -2.27. The van der Waals surface area contributed by atoms with Gasteiger partial charge >= 0.3 is 0 Å². The predicted octanol–water partition coefficient (Wildman–Crippen LogP) is 3.10. The van der Waals surface area contributed by atoms with Gasteiger partial charge in [0, 0.05) is 5.54 Å². The van der Waals surface area contributed by atoms with Gasteiger partial charge in [0.25, 0.3) is 5.91 Å². The fourth-order valence-corrected chi connectivity index (χ4v) is 1.88. The molecule has 1 unspecified atom stereocenters. The fourth-order valence-electron chi connectivity index (χ4n) is 1.40. The van der Waals surface area contributed by atoms with Crippen molar-refractivity contribution >= 4 is 27.5 Å². The Morgan fingerprint density at radius 2 is 2.16 bits per heavy atom. The summed E-state index contributed by atoms with van der Waals surface area (Å²) in [5, 5.41) is 2.94. The first kappa shape index (κ1) is 15.8. The molecule has 0 aromatic heterocycles. The first-order chi connectivity index (χ1) is 8.76. The molecular formula is C14H21BrN2O2. The molecule has 1 aromatic carbocycles. The van der Waals surface area contributed by atoms with E-state index in [9.17, 15) is 4.79 Å². The Labute approximate surface area is 122 Å². The summed E-state index contributed by atoms with van der Waals surface area (Å²) in [6.45, 7) is 7.69. The summed E-state index contributed by atoms with van der Waals surface area (Å²) in [5.41, 5.74) is 6.10. The number of amides is 1. The highest BCUT2D eigenvalue weighted by molar-refractivity contribution is 9.10. The van der Waals surface area contributed by atoms with Gasteiger partial charge in [0.2, 0.25) is 0 Å². The molecule has 0 bridgehead atoms. The molecule has 1 rings (SSSR count). The van der Waals surface area contributed by atoms with Crippen LogP contribution in [-0.2, 0) is 4.79 Å². The first-order valence-electron chi connectivity index (χ1n) is 6.29. The largest absolute Gasteiger partial charge is 0.478 e. The second-order valence-corrected chi connectivity index (χ2v) is 6.00. The van der Waals surface area contributed by atoms with Gasteiger partial charge in [-0.1, -0.05) is 13.0 Å². The Morgan fingerprint density at radius 1 is 1.53 bits per heavy atom. The minimum Gasteiger partial charge on any atom is -0.478 e. The lowest BCUT2D eigenvalue weighted by Crippen LogP contribution is -2.48. The zero-order valence-corrected chi connectivity index (χ0v) is 13.4. The molecule has 0 saturated carbocycles. The van der Waals surface area contributed by atoms with Crippen molar-refractivity contribution in [2.24, 2.45) is 0 Å². The number of carbonyl (C=O) groups excluding carboxylic acids is 1. The number of halogens is 1. The number of nitrogen functional groups attached to an aromatic ring is 1. The molecule has 4 nitrogen and oxygen atoms in total. The summed E-state index contributed by atoms with van der Waals surface area (Å²) in [6, 6.07) is 5.38. The first-order valence-corrected chi connectivity index (χ1v) is 7.09. The summed E-state index contributed by atoms with van der Waals surface area (Å²) in [7, 11) is 0. The van der Waals surface area contributed by atoms with E-state index in [4.69, 9.17) is 10.5 Å². The summed E-state index contributed by atoms with van der Waals surface area (Å²) < 4.78 is 6.38. The maximum Gasteiger partial charge on any atom is 0.261 e. The van der Waals surface area contributed by atoms with Crippen molar-refractivity contribution in [3.05, 3.63) is 22.7 Å².